The van der Waals surface area contributed by atoms with Crippen molar-refractivity contribution in [1.29, 1.82) is 0 Å². The fraction of sp³-hybridized carbons (Fsp3) is 0.302. The van der Waals surface area contributed by atoms with E-state index in [1.54, 1.807) is 3.21 Å². The van der Waals surface area contributed by atoms with Crippen LogP contribution in [0.1, 0.15) is 88.8 Å². The first-order chi connectivity index (χ1) is 20.8. The van der Waals surface area contributed by atoms with Gasteiger partial charge in [-0.15, -0.1) is 11.1 Å². The molecule has 0 fully saturated rings. The summed E-state index contributed by atoms with van der Waals surface area (Å²) in [6.07, 6.45) is 2.11. The van der Waals surface area contributed by atoms with Gasteiger partial charge in [0.05, 0.1) is 0 Å². The predicted molar refractivity (Wildman–Crippen MR) is 188 cm³/mol. The molecule has 46 heavy (non-hydrogen) atoms. The van der Waals surface area contributed by atoms with Crippen LogP contribution in [0.25, 0.3) is 11.1 Å². The second-order valence-corrected chi connectivity index (χ2v) is 15.9. The van der Waals surface area contributed by atoms with Gasteiger partial charge in [0.2, 0.25) is 0 Å². The summed E-state index contributed by atoms with van der Waals surface area (Å²) >= 11 is 1.53. The Morgan fingerprint density at radius 1 is 0.652 bits per heavy atom. The van der Waals surface area contributed by atoms with E-state index in [0.29, 0.717) is 0 Å². The Labute approximate surface area is 306 Å². The zero-order chi connectivity index (χ0) is 32.0. The molecule has 1 aliphatic rings. The van der Waals surface area contributed by atoms with Crippen molar-refractivity contribution in [3.05, 3.63) is 161 Å². The second-order valence-electron chi connectivity index (χ2n) is 14.4. The van der Waals surface area contributed by atoms with Crippen LogP contribution in [0.2, 0.25) is 0 Å². The molecule has 1 aliphatic carbocycles. The topological polar surface area (TPSA) is 0 Å². The molecule has 0 nitrogen and oxygen atoms in total. The number of hydrogen-bond acceptors (Lipinski definition) is 0. The number of halogens is 2. The first-order valence-electron chi connectivity index (χ1n) is 15.8. The molecule has 0 aromatic heterocycles. The molecule has 0 aliphatic heterocycles. The molecule has 0 bridgehead atoms. The van der Waals surface area contributed by atoms with Crippen molar-refractivity contribution in [1.82, 2.24) is 0 Å². The third-order valence-electron chi connectivity index (χ3n) is 8.49. The van der Waals surface area contributed by atoms with E-state index in [9.17, 15) is 0 Å². The fourth-order valence-electron chi connectivity index (χ4n) is 5.40. The van der Waals surface area contributed by atoms with Gasteiger partial charge in [-0.3, -0.25) is 0 Å². The molecular weight excluding hydrogens is 679 g/mol. The van der Waals surface area contributed by atoms with Crippen molar-refractivity contribution >= 4 is 3.21 Å². The minimum Gasteiger partial charge on any atom is -1.00 e. The van der Waals surface area contributed by atoms with Crippen molar-refractivity contribution in [2.24, 2.45) is 0 Å². The van der Waals surface area contributed by atoms with E-state index in [1.807, 2.05) is 30.3 Å². The summed E-state index contributed by atoms with van der Waals surface area (Å²) in [5.41, 5.74) is 11.7. The minimum absolute atomic E-state index is 0. The molecule has 0 saturated heterocycles. The van der Waals surface area contributed by atoms with Gasteiger partial charge in [0.25, 0.3) is 0 Å². The standard InChI is InChI=1S/C21H25.C17H18.C5H5.2ClH.Zr/c1-20(2,3)16-7-9-18-14(12-16)11-15-13-17(21(4,5)6)8-10-19(15)18;1-17(2,16-11-7-4-8-12-16)14-13-15-9-5-3-6-10-15;1-2-4-5-3-1;;;/h7-10,12H,11H2,1-6H3;3-12H,13H2,1-2H3;1-5H;2*1H;/q-1;;-1;;;+2/p-2. The second kappa shape index (κ2) is 17.1. The molecule has 0 heterocycles. The van der Waals surface area contributed by atoms with Crippen molar-refractivity contribution in [3.63, 3.8) is 0 Å². The normalized spacial score (nSPS) is 11.7. The zero-order valence-corrected chi connectivity index (χ0v) is 32.7. The molecule has 3 heteroatoms. The van der Waals surface area contributed by atoms with Crippen LogP contribution >= 0.6 is 0 Å². The molecule has 240 valence electrons. The molecule has 0 unspecified atom stereocenters. The van der Waals surface area contributed by atoms with Crippen LogP contribution in [0.5, 0.6) is 0 Å². The van der Waals surface area contributed by atoms with Gasteiger partial charge in [-0.2, -0.15) is 42.0 Å². The van der Waals surface area contributed by atoms with Crippen molar-refractivity contribution < 1.29 is 49.0 Å². The van der Waals surface area contributed by atoms with E-state index in [0.717, 1.165) is 12.8 Å². The Bertz CT molecular complexity index is 1560. The van der Waals surface area contributed by atoms with Gasteiger partial charge in [-0.1, -0.05) is 65.3 Å². The monoisotopic (exact) mass is 724 g/mol. The molecule has 0 atom stereocenters. The van der Waals surface area contributed by atoms with E-state index in [-0.39, 0.29) is 41.1 Å². The summed E-state index contributed by atoms with van der Waals surface area (Å²) in [7, 11) is 0. The van der Waals surface area contributed by atoms with Gasteiger partial charge in [0.1, 0.15) is 0 Å². The third kappa shape index (κ3) is 10.5. The molecule has 6 rings (SSSR count). The van der Waals surface area contributed by atoms with Gasteiger partial charge in [0, 0.05) is 0 Å². The predicted octanol–water partition coefficient (Wildman–Crippen LogP) is 4.99. The number of benzene rings is 4. The molecule has 5 aromatic carbocycles. The van der Waals surface area contributed by atoms with E-state index in [1.165, 1.54) is 68.7 Å². The Kier molecular flexibility index (Phi) is 14.8. The van der Waals surface area contributed by atoms with E-state index >= 15 is 0 Å². The van der Waals surface area contributed by atoms with Crippen LogP contribution < -0.4 is 24.8 Å². The van der Waals surface area contributed by atoms with Crippen LogP contribution in [0.4, 0.5) is 0 Å². The Morgan fingerprint density at radius 3 is 1.74 bits per heavy atom. The maximum Gasteiger partial charge on any atom is -0.172 e. The van der Waals surface area contributed by atoms with E-state index in [4.69, 9.17) is 0 Å². The molecule has 0 N–H and O–H groups in total. The molecule has 0 amide bonds. The Hall–Kier alpha value is -2.44. The maximum atomic E-state index is 3.67. The van der Waals surface area contributed by atoms with Gasteiger partial charge in [0.15, 0.2) is 0 Å². The summed E-state index contributed by atoms with van der Waals surface area (Å²) in [5.74, 6) is 0. The third-order valence-corrected chi connectivity index (χ3v) is 10.5. The molecule has 0 saturated carbocycles. The quantitative estimate of drug-likeness (QED) is 0.225. The summed E-state index contributed by atoms with van der Waals surface area (Å²) in [5, 5.41) is 0. The van der Waals surface area contributed by atoms with Crippen LogP contribution in [-0.2, 0) is 53.3 Å². The Morgan fingerprint density at radius 2 is 1.22 bits per heavy atom. The van der Waals surface area contributed by atoms with E-state index < -0.39 is 0 Å². The van der Waals surface area contributed by atoms with Gasteiger partial charge in [-0.25, -0.2) is 12.1 Å². The SMILES string of the molecule is CC(C)(C)c1[c-]c2c(cc1)-c1ccc(C(C)(C)C)cc1C2.CC(C)([C](=[Zr+2])Cc1ccccc1)c1ccccc1.[Cl-].[Cl-].c1cc[cH-]c1. The first-order valence-corrected chi connectivity index (χ1v) is 17.0. The summed E-state index contributed by atoms with van der Waals surface area (Å²) < 4.78 is 1.59. The smallest absolute Gasteiger partial charge is 0.172 e. The number of fused-ring (bicyclic) bond motifs is 3. The fourth-order valence-corrected chi connectivity index (χ4v) is 6.26. The maximum absolute atomic E-state index is 3.67. The van der Waals surface area contributed by atoms with Gasteiger partial charge >= 0.3 is 125 Å². The summed E-state index contributed by atoms with van der Waals surface area (Å²) in [4.78, 5) is 0. The van der Waals surface area contributed by atoms with Gasteiger partial charge in [-0.05, 0) is 28.4 Å². The van der Waals surface area contributed by atoms with Crippen LogP contribution in [0, 0.1) is 6.07 Å². The number of rotatable bonds is 4. The molecule has 5 aromatic rings. The summed E-state index contributed by atoms with van der Waals surface area (Å²) in [6.45, 7) is 18.3. The zero-order valence-electron chi connectivity index (χ0n) is 28.7. The van der Waals surface area contributed by atoms with Crippen molar-refractivity contribution in [3.8, 4) is 11.1 Å². The average Bonchev–Trinajstić information content (AvgIpc) is 3.69. The Balaban J connectivity index is 0.000000270. The summed E-state index contributed by atoms with van der Waals surface area (Å²) in [6, 6.07) is 46.7. The van der Waals surface area contributed by atoms with Crippen LogP contribution in [0.3, 0.4) is 0 Å². The largest absolute Gasteiger partial charge is 1.00 e. The first kappa shape index (κ1) is 39.7. The van der Waals surface area contributed by atoms with Crippen molar-refractivity contribution in [2.45, 2.75) is 84.5 Å². The molecular formula is C43H48Cl2Zr-2. The van der Waals surface area contributed by atoms with E-state index in [2.05, 4.69) is 152 Å². The molecule has 0 spiro atoms. The average molecular weight is 727 g/mol. The molecule has 0 radical (unpaired) electrons. The minimum atomic E-state index is 0. The van der Waals surface area contributed by atoms with Crippen LogP contribution in [-0.4, -0.2) is 3.21 Å². The van der Waals surface area contributed by atoms with Gasteiger partial charge < -0.3 is 24.8 Å². The number of hydrogen-bond donors (Lipinski definition) is 0. The van der Waals surface area contributed by atoms with Crippen molar-refractivity contribution in [2.75, 3.05) is 0 Å². The van der Waals surface area contributed by atoms with Crippen LogP contribution in [0.15, 0.2) is 121 Å².